The number of nitrogens with zero attached hydrogens (tertiary/aromatic N) is 4. The van der Waals surface area contributed by atoms with Gasteiger partial charge >= 0.3 is 6.18 Å². The molecular formula is C26H25F3N6O. The number of amides is 1. The molecule has 0 saturated heterocycles. The number of aromatic nitrogens is 3. The van der Waals surface area contributed by atoms with Crippen LogP contribution < -0.4 is 16.0 Å². The molecule has 0 spiro atoms. The molecule has 0 atom stereocenters. The van der Waals surface area contributed by atoms with Gasteiger partial charge in [-0.1, -0.05) is 6.07 Å². The molecule has 7 nitrogen and oxygen atoms in total. The van der Waals surface area contributed by atoms with Gasteiger partial charge in [0.15, 0.2) is 5.82 Å². The van der Waals surface area contributed by atoms with E-state index in [4.69, 9.17) is 5.73 Å². The molecule has 1 aliphatic rings. The van der Waals surface area contributed by atoms with E-state index in [2.05, 4.69) is 19.9 Å². The Bertz CT molecular complexity index is 1460. The van der Waals surface area contributed by atoms with Gasteiger partial charge in [-0.05, 0) is 66.8 Å². The van der Waals surface area contributed by atoms with Crippen molar-refractivity contribution in [1.29, 1.82) is 0 Å². The van der Waals surface area contributed by atoms with Crippen molar-refractivity contribution in [3.05, 3.63) is 71.2 Å². The Kier molecular flexibility index (Phi) is 5.82. The lowest BCUT2D eigenvalue weighted by Gasteiger charge is -2.20. The topological polar surface area (TPSA) is 89.1 Å². The van der Waals surface area contributed by atoms with Crippen LogP contribution in [0.15, 0.2) is 48.8 Å². The first-order chi connectivity index (χ1) is 17.1. The van der Waals surface area contributed by atoms with E-state index in [1.807, 2.05) is 12.1 Å². The van der Waals surface area contributed by atoms with Gasteiger partial charge in [-0.15, -0.1) is 0 Å². The van der Waals surface area contributed by atoms with Crippen LogP contribution in [0, 0.1) is 0 Å². The summed E-state index contributed by atoms with van der Waals surface area (Å²) in [6.45, 7) is 0. The van der Waals surface area contributed by atoms with Gasteiger partial charge in [-0.25, -0.2) is 9.97 Å². The van der Waals surface area contributed by atoms with Crippen LogP contribution in [0.3, 0.4) is 0 Å². The second kappa shape index (κ2) is 8.85. The van der Waals surface area contributed by atoms with Gasteiger partial charge in [0, 0.05) is 36.9 Å². The molecule has 0 bridgehead atoms. The number of rotatable bonds is 5. The number of carbonyl (C=O) groups is 1. The standard InChI is InChI=1S/C26H25F3N6O/c1-34(2)21-12-15(6-11-19(21)26(27,28)29)13-22(36)33-16-7-9-17(10-8-16)35-20-5-3-4-18(20)23-24(35)25(30)32-14-31-23/h6-12,14H,3-5,13H2,1-2H3,(H,33,36)(H2,30,31,32). The second-order valence-electron chi connectivity index (χ2n) is 9.09. The van der Waals surface area contributed by atoms with Crippen LogP contribution in [0.4, 0.5) is 30.4 Å². The smallest absolute Gasteiger partial charge is 0.382 e. The van der Waals surface area contributed by atoms with Crippen molar-refractivity contribution in [2.45, 2.75) is 31.9 Å². The van der Waals surface area contributed by atoms with E-state index in [9.17, 15) is 18.0 Å². The van der Waals surface area contributed by atoms with Gasteiger partial charge < -0.3 is 20.5 Å². The molecule has 0 radical (unpaired) electrons. The highest BCUT2D eigenvalue weighted by Crippen LogP contribution is 2.37. The summed E-state index contributed by atoms with van der Waals surface area (Å²) < 4.78 is 41.9. The molecule has 1 amide bonds. The van der Waals surface area contributed by atoms with Gasteiger partial charge in [-0.3, -0.25) is 4.79 Å². The molecule has 36 heavy (non-hydrogen) atoms. The third kappa shape index (κ3) is 4.23. The monoisotopic (exact) mass is 494 g/mol. The number of fused-ring (bicyclic) bond motifs is 3. The van der Waals surface area contributed by atoms with E-state index in [1.165, 1.54) is 34.6 Å². The quantitative estimate of drug-likeness (QED) is 0.418. The number of nitrogen functional groups attached to an aromatic ring is 1. The average Bonchev–Trinajstić information content (AvgIpc) is 3.41. The zero-order valence-corrected chi connectivity index (χ0v) is 19.9. The first kappa shape index (κ1) is 23.7. The highest BCUT2D eigenvalue weighted by Gasteiger charge is 2.34. The zero-order valence-electron chi connectivity index (χ0n) is 19.9. The first-order valence-electron chi connectivity index (χ1n) is 11.5. The van der Waals surface area contributed by atoms with Crippen molar-refractivity contribution in [2.75, 3.05) is 30.0 Å². The van der Waals surface area contributed by atoms with E-state index in [0.29, 0.717) is 17.1 Å². The molecule has 3 N–H and O–H groups in total. The number of hydrogen-bond acceptors (Lipinski definition) is 5. The number of nitrogens with two attached hydrogens (primary N) is 1. The summed E-state index contributed by atoms with van der Waals surface area (Å²) >= 11 is 0. The van der Waals surface area contributed by atoms with Gasteiger partial charge in [0.25, 0.3) is 0 Å². The summed E-state index contributed by atoms with van der Waals surface area (Å²) in [6.07, 6.45) is -0.113. The molecule has 2 aromatic carbocycles. The number of aryl methyl sites for hydroxylation is 1. The summed E-state index contributed by atoms with van der Waals surface area (Å²) in [5.41, 5.74) is 11.5. The molecule has 0 fully saturated rings. The third-order valence-electron chi connectivity index (χ3n) is 6.44. The fourth-order valence-corrected chi connectivity index (χ4v) is 4.86. The zero-order chi connectivity index (χ0) is 25.6. The molecule has 0 unspecified atom stereocenters. The molecular weight excluding hydrogens is 469 g/mol. The lowest BCUT2D eigenvalue weighted by Crippen LogP contribution is -2.18. The summed E-state index contributed by atoms with van der Waals surface area (Å²) in [4.78, 5) is 22.7. The van der Waals surface area contributed by atoms with E-state index in [1.54, 1.807) is 26.2 Å². The summed E-state index contributed by atoms with van der Waals surface area (Å²) in [6, 6.07) is 11.1. The van der Waals surface area contributed by atoms with Crippen LogP contribution in [-0.4, -0.2) is 34.5 Å². The largest absolute Gasteiger partial charge is 0.418 e. The van der Waals surface area contributed by atoms with Gasteiger partial charge in [0.05, 0.1) is 17.5 Å². The third-order valence-corrected chi connectivity index (χ3v) is 6.44. The predicted octanol–water partition coefficient (Wildman–Crippen LogP) is 4.76. The van der Waals surface area contributed by atoms with Gasteiger partial charge in [0.1, 0.15) is 11.8 Å². The minimum absolute atomic E-state index is 0.0203. The van der Waals surface area contributed by atoms with E-state index >= 15 is 0 Å². The molecule has 10 heteroatoms. The SMILES string of the molecule is CN(C)c1cc(CC(=O)Nc2ccc(-n3c4c(c5ncnc(N)c53)CCC4)cc2)ccc1C(F)(F)F. The Balaban J connectivity index is 1.36. The molecule has 5 rings (SSSR count). The number of carbonyl (C=O) groups excluding carboxylic acids is 1. The molecule has 2 aromatic heterocycles. The Morgan fingerprint density at radius 3 is 2.56 bits per heavy atom. The lowest BCUT2D eigenvalue weighted by atomic mass is 10.1. The van der Waals surface area contributed by atoms with Crippen molar-refractivity contribution in [3.8, 4) is 5.69 Å². The molecule has 2 heterocycles. The summed E-state index contributed by atoms with van der Waals surface area (Å²) in [5.74, 6) is 0.0950. The van der Waals surface area contributed by atoms with Crippen LogP contribution in [0.2, 0.25) is 0 Å². The van der Waals surface area contributed by atoms with E-state index < -0.39 is 11.7 Å². The maximum Gasteiger partial charge on any atom is 0.418 e. The predicted molar refractivity (Wildman–Crippen MR) is 133 cm³/mol. The minimum Gasteiger partial charge on any atom is -0.382 e. The minimum atomic E-state index is -4.47. The summed E-state index contributed by atoms with van der Waals surface area (Å²) in [5, 5.41) is 2.82. The Hall–Kier alpha value is -4.08. The van der Waals surface area contributed by atoms with Crippen molar-refractivity contribution in [3.63, 3.8) is 0 Å². The number of nitrogens with one attached hydrogen (secondary N) is 1. The molecule has 1 aliphatic carbocycles. The summed E-state index contributed by atoms with van der Waals surface area (Å²) in [7, 11) is 3.08. The van der Waals surface area contributed by atoms with E-state index in [-0.39, 0.29) is 18.0 Å². The fourth-order valence-electron chi connectivity index (χ4n) is 4.86. The molecule has 186 valence electrons. The highest BCUT2D eigenvalue weighted by molar-refractivity contribution is 5.93. The van der Waals surface area contributed by atoms with Crippen LogP contribution in [0.5, 0.6) is 0 Å². The van der Waals surface area contributed by atoms with Gasteiger partial charge in [-0.2, -0.15) is 13.2 Å². The van der Waals surface area contributed by atoms with Crippen molar-refractivity contribution < 1.29 is 18.0 Å². The van der Waals surface area contributed by atoms with Gasteiger partial charge in [0.2, 0.25) is 5.91 Å². The lowest BCUT2D eigenvalue weighted by molar-refractivity contribution is -0.137. The number of halogens is 3. The molecule has 4 aromatic rings. The maximum absolute atomic E-state index is 13.3. The Morgan fingerprint density at radius 2 is 1.86 bits per heavy atom. The van der Waals surface area contributed by atoms with E-state index in [0.717, 1.165) is 42.0 Å². The number of anilines is 3. The van der Waals surface area contributed by atoms with Crippen LogP contribution in [0.25, 0.3) is 16.7 Å². The highest BCUT2D eigenvalue weighted by atomic mass is 19.4. The Labute approximate surface area is 205 Å². The normalized spacial score (nSPS) is 13.1. The first-order valence-corrected chi connectivity index (χ1v) is 11.5. The molecule has 0 aliphatic heterocycles. The Morgan fingerprint density at radius 1 is 1.11 bits per heavy atom. The average molecular weight is 495 g/mol. The molecule has 0 saturated carbocycles. The van der Waals surface area contributed by atoms with Crippen LogP contribution in [0.1, 0.15) is 28.8 Å². The van der Waals surface area contributed by atoms with Crippen molar-refractivity contribution in [2.24, 2.45) is 0 Å². The second-order valence-corrected chi connectivity index (χ2v) is 9.09. The van der Waals surface area contributed by atoms with Crippen molar-refractivity contribution in [1.82, 2.24) is 14.5 Å². The van der Waals surface area contributed by atoms with Crippen molar-refractivity contribution >= 4 is 34.1 Å². The van der Waals surface area contributed by atoms with Crippen LogP contribution in [-0.2, 0) is 30.2 Å². The fraction of sp³-hybridized carbons (Fsp3) is 0.269. The van der Waals surface area contributed by atoms with Crippen LogP contribution >= 0.6 is 0 Å². The maximum atomic E-state index is 13.3. The number of hydrogen-bond donors (Lipinski definition) is 2. The number of benzene rings is 2. The number of alkyl halides is 3.